The van der Waals surface area contributed by atoms with Gasteiger partial charge in [-0.25, -0.2) is 0 Å². The minimum atomic E-state index is 0.337. The van der Waals surface area contributed by atoms with E-state index in [2.05, 4.69) is 42.8 Å². The van der Waals surface area contributed by atoms with Crippen LogP contribution in [0.15, 0.2) is 60.3 Å². The van der Waals surface area contributed by atoms with Crippen molar-refractivity contribution in [3.05, 3.63) is 82.1 Å². The first kappa shape index (κ1) is 21.8. The van der Waals surface area contributed by atoms with Crippen LogP contribution in [0.25, 0.3) is 0 Å². The van der Waals surface area contributed by atoms with E-state index in [1.165, 1.54) is 5.56 Å². The van der Waals surface area contributed by atoms with Crippen LogP contribution in [0.2, 0.25) is 10.0 Å². The van der Waals surface area contributed by atoms with Gasteiger partial charge < -0.3 is 4.74 Å². The van der Waals surface area contributed by atoms with Gasteiger partial charge in [-0.3, -0.25) is 4.57 Å². The zero-order valence-corrected chi connectivity index (χ0v) is 18.8. The summed E-state index contributed by atoms with van der Waals surface area (Å²) in [5.41, 5.74) is 2.28. The number of aromatic nitrogens is 3. The van der Waals surface area contributed by atoms with Crippen molar-refractivity contribution >= 4 is 35.0 Å². The van der Waals surface area contributed by atoms with E-state index in [0.29, 0.717) is 34.9 Å². The maximum Gasteiger partial charge on any atom is 0.191 e. The lowest BCUT2D eigenvalue weighted by atomic mass is 10.0. The molecule has 0 amide bonds. The van der Waals surface area contributed by atoms with Crippen molar-refractivity contribution < 1.29 is 4.74 Å². The average molecular weight is 448 g/mol. The molecule has 152 valence electrons. The number of nitrogens with zero attached hydrogens (tertiary/aromatic N) is 3. The fourth-order valence-electron chi connectivity index (χ4n) is 2.72. The normalized spacial score (nSPS) is 11.1. The third-order valence-corrected chi connectivity index (χ3v) is 5.99. The van der Waals surface area contributed by atoms with Gasteiger partial charge in [0.15, 0.2) is 11.0 Å². The first-order chi connectivity index (χ1) is 14.0. The fraction of sp³-hybridized carbons (Fsp3) is 0.273. The summed E-state index contributed by atoms with van der Waals surface area (Å²) in [5.74, 6) is 2.73. The standard InChI is InChI=1S/C22H23Cl2N3OS/c1-4-11-27-21(13-28-19-9-6-16(7-10-19)15(2)3)25-26-22(27)29-14-17-5-8-18(23)12-20(17)24/h4-10,12,15H,1,11,13-14H2,2-3H3. The van der Waals surface area contributed by atoms with Crippen LogP contribution in [0.1, 0.15) is 36.7 Å². The molecule has 0 saturated heterocycles. The molecule has 0 aliphatic carbocycles. The van der Waals surface area contributed by atoms with Crippen LogP contribution in [0.5, 0.6) is 5.75 Å². The van der Waals surface area contributed by atoms with E-state index in [1.807, 2.05) is 34.9 Å². The number of hydrogen-bond donors (Lipinski definition) is 0. The van der Waals surface area contributed by atoms with Gasteiger partial charge in [-0.2, -0.15) is 0 Å². The summed E-state index contributed by atoms with van der Waals surface area (Å²) in [6.07, 6.45) is 1.82. The molecule has 0 spiro atoms. The number of benzene rings is 2. The van der Waals surface area contributed by atoms with Crippen LogP contribution in [-0.4, -0.2) is 14.8 Å². The van der Waals surface area contributed by atoms with Gasteiger partial charge in [0, 0.05) is 22.3 Å². The van der Waals surface area contributed by atoms with Crippen LogP contribution in [-0.2, 0) is 18.9 Å². The number of thioether (sulfide) groups is 1. The van der Waals surface area contributed by atoms with E-state index in [0.717, 1.165) is 22.3 Å². The Hall–Kier alpha value is -1.95. The molecule has 0 unspecified atom stereocenters. The number of allylic oxidation sites excluding steroid dienone is 1. The van der Waals surface area contributed by atoms with Gasteiger partial charge in [0.05, 0.1) is 0 Å². The highest BCUT2D eigenvalue weighted by Gasteiger charge is 2.13. The highest BCUT2D eigenvalue weighted by Crippen LogP contribution is 2.28. The summed E-state index contributed by atoms with van der Waals surface area (Å²) in [7, 11) is 0. The molecule has 7 heteroatoms. The Morgan fingerprint density at radius 2 is 1.90 bits per heavy atom. The molecule has 0 atom stereocenters. The van der Waals surface area contributed by atoms with E-state index >= 15 is 0 Å². The van der Waals surface area contributed by atoms with Gasteiger partial charge in [-0.1, -0.05) is 73.1 Å². The van der Waals surface area contributed by atoms with E-state index < -0.39 is 0 Å². The summed E-state index contributed by atoms with van der Waals surface area (Å²) >= 11 is 13.8. The maximum atomic E-state index is 6.27. The van der Waals surface area contributed by atoms with Gasteiger partial charge >= 0.3 is 0 Å². The minimum absolute atomic E-state index is 0.337. The molecule has 1 heterocycles. The Morgan fingerprint density at radius 3 is 2.55 bits per heavy atom. The molecular weight excluding hydrogens is 425 g/mol. The lowest BCUT2D eigenvalue weighted by molar-refractivity contribution is 0.289. The summed E-state index contributed by atoms with van der Waals surface area (Å²) in [6.45, 7) is 9.13. The summed E-state index contributed by atoms with van der Waals surface area (Å²) in [4.78, 5) is 0. The minimum Gasteiger partial charge on any atom is -0.486 e. The number of rotatable bonds is 9. The second-order valence-corrected chi connectivity index (χ2v) is 8.62. The Bertz CT molecular complexity index is 971. The number of hydrogen-bond acceptors (Lipinski definition) is 4. The molecule has 0 aliphatic rings. The molecule has 2 aromatic carbocycles. The van der Waals surface area contributed by atoms with Gasteiger partial charge in [0.2, 0.25) is 0 Å². The second-order valence-electron chi connectivity index (χ2n) is 6.83. The van der Waals surface area contributed by atoms with Crippen molar-refractivity contribution in [2.75, 3.05) is 0 Å². The van der Waals surface area contributed by atoms with Crippen molar-refractivity contribution in [2.24, 2.45) is 0 Å². The molecule has 3 aromatic rings. The highest BCUT2D eigenvalue weighted by atomic mass is 35.5. The second kappa shape index (κ2) is 10.2. The average Bonchev–Trinajstić information content (AvgIpc) is 3.08. The van der Waals surface area contributed by atoms with Crippen LogP contribution in [0, 0.1) is 0 Å². The fourth-order valence-corrected chi connectivity index (χ4v) is 4.25. The Kier molecular flexibility index (Phi) is 7.64. The SMILES string of the molecule is C=CCn1c(COc2ccc(C(C)C)cc2)nnc1SCc1ccc(Cl)cc1Cl. The summed E-state index contributed by atoms with van der Waals surface area (Å²) < 4.78 is 7.92. The van der Waals surface area contributed by atoms with Crippen molar-refractivity contribution in [1.29, 1.82) is 0 Å². The van der Waals surface area contributed by atoms with E-state index in [-0.39, 0.29) is 0 Å². The van der Waals surface area contributed by atoms with Crippen LogP contribution < -0.4 is 4.74 Å². The Balaban J connectivity index is 1.68. The molecule has 1 aromatic heterocycles. The third-order valence-electron chi connectivity index (χ3n) is 4.39. The Morgan fingerprint density at radius 1 is 1.14 bits per heavy atom. The molecule has 29 heavy (non-hydrogen) atoms. The molecule has 4 nitrogen and oxygen atoms in total. The number of halogens is 2. The van der Waals surface area contributed by atoms with Crippen LogP contribution >= 0.6 is 35.0 Å². The molecule has 0 radical (unpaired) electrons. The molecule has 0 N–H and O–H groups in total. The molecule has 0 bridgehead atoms. The molecule has 0 saturated carbocycles. The largest absolute Gasteiger partial charge is 0.486 e. The summed E-state index contributed by atoms with van der Waals surface area (Å²) in [6, 6.07) is 13.7. The lowest BCUT2D eigenvalue weighted by Gasteiger charge is -2.11. The zero-order valence-electron chi connectivity index (χ0n) is 16.4. The van der Waals surface area contributed by atoms with E-state index in [1.54, 1.807) is 17.8 Å². The molecule has 0 aliphatic heterocycles. The topological polar surface area (TPSA) is 39.9 Å². The summed E-state index contributed by atoms with van der Waals surface area (Å²) in [5, 5.41) is 10.7. The maximum absolute atomic E-state index is 6.27. The third kappa shape index (κ3) is 5.78. The predicted molar refractivity (Wildman–Crippen MR) is 121 cm³/mol. The molecule has 0 fully saturated rings. The molecule has 3 rings (SSSR count). The van der Waals surface area contributed by atoms with Crippen molar-refractivity contribution in [1.82, 2.24) is 14.8 Å². The van der Waals surface area contributed by atoms with Gasteiger partial charge in [-0.05, 0) is 41.3 Å². The number of ether oxygens (including phenoxy) is 1. The van der Waals surface area contributed by atoms with Gasteiger partial charge in [-0.15, -0.1) is 16.8 Å². The van der Waals surface area contributed by atoms with Crippen molar-refractivity contribution in [3.63, 3.8) is 0 Å². The van der Waals surface area contributed by atoms with Crippen LogP contribution in [0.3, 0.4) is 0 Å². The quantitative estimate of drug-likeness (QED) is 0.268. The van der Waals surface area contributed by atoms with Crippen molar-refractivity contribution in [2.45, 2.75) is 43.8 Å². The van der Waals surface area contributed by atoms with Gasteiger partial charge in [0.1, 0.15) is 12.4 Å². The molecular formula is C22H23Cl2N3OS. The zero-order chi connectivity index (χ0) is 20.8. The first-order valence-corrected chi connectivity index (χ1v) is 11.0. The first-order valence-electron chi connectivity index (χ1n) is 9.30. The van der Waals surface area contributed by atoms with E-state index in [4.69, 9.17) is 27.9 Å². The monoisotopic (exact) mass is 447 g/mol. The smallest absolute Gasteiger partial charge is 0.191 e. The highest BCUT2D eigenvalue weighted by molar-refractivity contribution is 7.98. The van der Waals surface area contributed by atoms with Gasteiger partial charge in [0.25, 0.3) is 0 Å². The van der Waals surface area contributed by atoms with Crippen molar-refractivity contribution in [3.8, 4) is 5.75 Å². The lowest BCUT2D eigenvalue weighted by Crippen LogP contribution is -2.07. The Labute approximate surface area is 185 Å². The predicted octanol–water partition coefficient (Wildman–Crippen LogP) is 6.77. The van der Waals surface area contributed by atoms with Crippen LogP contribution in [0.4, 0.5) is 0 Å². The van der Waals surface area contributed by atoms with E-state index in [9.17, 15) is 0 Å².